The van der Waals surface area contributed by atoms with Gasteiger partial charge in [-0.25, -0.2) is 0 Å². The van der Waals surface area contributed by atoms with E-state index in [0.717, 1.165) is 61.0 Å². The molecule has 142 valence electrons. The Hall–Kier alpha value is -3.15. The highest BCUT2D eigenvalue weighted by molar-refractivity contribution is 5.75. The summed E-state index contributed by atoms with van der Waals surface area (Å²) >= 11 is 0. The molecule has 6 nitrogen and oxygen atoms in total. The van der Waals surface area contributed by atoms with E-state index in [2.05, 4.69) is 55.8 Å². The summed E-state index contributed by atoms with van der Waals surface area (Å²) in [6.45, 7) is 3.99. The van der Waals surface area contributed by atoms with Crippen LogP contribution in [0, 0.1) is 12.8 Å². The Morgan fingerprint density at radius 2 is 1.89 bits per heavy atom. The first-order valence-corrected chi connectivity index (χ1v) is 9.83. The Kier molecular flexibility index (Phi) is 4.31. The minimum atomic E-state index is 0.592. The maximum absolute atomic E-state index is 5.97. The van der Waals surface area contributed by atoms with Gasteiger partial charge in [-0.15, -0.1) is 10.2 Å². The van der Waals surface area contributed by atoms with Crippen LogP contribution in [0.4, 0.5) is 6.01 Å². The summed E-state index contributed by atoms with van der Waals surface area (Å²) in [5, 5.41) is 8.50. The highest BCUT2D eigenvalue weighted by Gasteiger charge is 2.24. The van der Waals surface area contributed by atoms with Gasteiger partial charge in [0, 0.05) is 25.2 Å². The molecule has 0 aliphatic carbocycles. The van der Waals surface area contributed by atoms with Crippen LogP contribution < -0.4 is 4.90 Å². The first-order chi connectivity index (χ1) is 13.8. The van der Waals surface area contributed by atoms with Crippen molar-refractivity contribution in [1.29, 1.82) is 0 Å². The van der Waals surface area contributed by atoms with Crippen molar-refractivity contribution in [2.45, 2.75) is 26.2 Å². The van der Waals surface area contributed by atoms with Gasteiger partial charge in [0.15, 0.2) is 5.58 Å². The highest BCUT2D eigenvalue weighted by Crippen LogP contribution is 2.28. The Balaban J connectivity index is 1.26. The predicted molar refractivity (Wildman–Crippen MR) is 109 cm³/mol. The van der Waals surface area contributed by atoms with E-state index in [0.29, 0.717) is 5.92 Å². The molecule has 0 radical (unpaired) electrons. The molecular formula is C22H23N5O. The van der Waals surface area contributed by atoms with Crippen LogP contribution in [0.15, 0.2) is 59.3 Å². The number of rotatable bonds is 4. The molecule has 0 amide bonds. The van der Waals surface area contributed by atoms with Crippen LogP contribution in [0.25, 0.3) is 16.8 Å². The molecule has 2 aromatic heterocycles. The van der Waals surface area contributed by atoms with E-state index >= 15 is 0 Å². The van der Waals surface area contributed by atoms with Gasteiger partial charge in [0.05, 0.1) is 0 Å². The van der Waals surface area contributed by atoms with Crippen molar-refractivity contribution in [3.05, 3.63) is 66.2 Å². The van der Waals surface area contributed by atoms with Crippen molar-refractivity contribution in [2.24, 2.45) is 5.92 Å². The molecule has 3 heterocycles. The van der Waals surface area contributed by atoms with Crippen molar-refractivity contribution >= 4 is 17.1 Å². The van der Waals surface area contributed by atoms with E-state index < -0.39 is 0 Å². The van der Waals surface area contributed by atoms with Gasteiger partial charge in [-0.2, -0.15) is 4.98 Å². The third kappa shape index (κ3) is 3.26. The Morgan fingerprint density at radius 3 is 2.71 bits per heavy atom. The van der Waals surface area contributed by atoms with Crippen LogP contribution in [0.5, 0.6) is 0 Å². The number of nitrogens with zero attached hydrogens (tertiary/aromatic N) is 5. The van der Waals surface area contributed by atoms with E-state index in [-0.39, 0.29) is 0 Å². The average molecular weight is 373 g/mol. The van der Waals surface area contributed by atoms with Gasteiger partial charge in [-0.05, 0) is 55.5 Å². The van der Waals surface area contributed by atoms with E-state index in [1.54, 1.807) is 6.33 Å². The minimum Gasteiger partial charge on any atom is -0.423 e. The third-order valence-corrected chi connectivity index (χ3v) is 5.54. The van der Waals surface area contributed by atoms with Crippen molar-refractivity contribution in [2.75, 3.05) is 18.0 Å². The fourth-order valence-corrected chi connectivity index (χ4v) is 3.95. The van der Waals surface area contributed by atoms with E-state index in [1.165, 1.54) is 5.56 Å². The third-order valence-electron chi connectivity index (χ3n) is 5.54. The molecule has 0 atom stereocenters. The molecule has 0 spiro atoms. The van der Waals surface area contributed by atoms with Crippen LogP contribution in [0.2, 0.25) is 0 Å². The second-order valence-corrected chi connectivity index (χ2v) is 7.55. The van der Waals surface area contributed by atoms with Crippen LogP contribution in [-0.2, 0) is 6.42 Å². The molecule has 1 fully saturated rings. The molecule has 0 saturated carbocycles. The lowest BCUT2D eigenvalue weighted by atomic mass is 9.93. The number of anilines is 1. The van der Waals surface area contributed by atoms with Crippen molar-refractivity contribution in [3.63, 3.8) is 0 Å². The zero-order valence-corrected chi connectivity index (χ0v) is 16.0. The quantitative estimate of drug-likeness (QED) is 0.537. The van der Waals surface area contributed by atoms with Gasteiger partial charge in [-0.1, -0.05) is 24.3 Å². The van der Waals surface area contributed by atoms with Crippen molar-refractivity contribution < 1.29 is 4.42 Å². The molecule has 5 rings (SSSR count). The molecule has 1 aliphatic heterocycles. The minimum absolute atomic E-state index is 0.592. The van der Waals surface area contributed by atoms with E-state index in [4.69, 9.17) is 4.42 Å². The molecular weight excluding hydrogens is 350 g/mol. The summed E-state index contributed by atoms with van der Waals surface area (Å²) < 4.78 is 8.06. The Bertz CT molecular complexity index is 1080. The summed E-state index contributed by atoms with van der Waals surface area (Å²) in [5.41, 5.74) is 4.11. The number of aromatic nitrogens is 4. The lowest BCUT2D eigenvalue weighted by Crippen LogP contribution is -2.34. The zero-order valence-electron chi connectivity index (χ0n) is 16.0. The number of benzene rings is 2. The van der Waals surface area contributed by atoms with Gasteiger partial charge in [0.2, 0.25) is 0 Å². The van der Waals surface area contributed by atoms with Gasteiger partial charge in [-0.3, -0.25) is 4.57 Å². The number of hydrogen-bond acceptors (Lipinski definition) is 5. The second kappa shape index (κ2) is 7.11. The SMILES string of the molecule is Cc1ccc2oc(N3CCC(Cc4nncn4-c4ccccc4)CC3)nc2c1. The standard InChI is InChI=1S/C22H23N5O/c1-16-7-8-20-19(13-16)24-22(28-20)26-11-9-17(10-12-26)14-21-25-23-15-27(21)18-5-3-2-4-6-18/h2-8,13,15,17H,9-12,14H2,1H3. The molecule has 1 aliphatic rings. The summed E-state index contributed by atoms with van der Waals surface area (Å²) in [6.07, 6.45) is 4.94. The lowest BCUT2D eigenvalue weighted by molar-refractivity contribution is 0.381. The Labute approximate surface area is 163 Å². The number of oxazole rings is 1. The topological polar surface area (TPSA) is 60.0 Å². The van der Waals surface area contributed by atoms with Crippen molar-refractivity contribution in [3.8, 4) is 5.69 Å². The maximum Gasteiger partial charge on any atom is 0.298 e. The van der Waals surface area contributed by atoms with Crippen LogP contribution in [0.1, 0.15) is 24.2 Å². The highest BCUT2D eigenvalue weighted by atomic mass is 16.4. The van der Waals surface area contributed by atoms with Gasteiger partial charge >= 0.3 is 0 Å². The smallest absolute Gasteiger partial charge is 0.298 e. The maximum atomic E-state index is 5.97. The molecule has 4 aromatic rings. The molecule has 0 unspecified atom stereocenters. The molecule has 0 bridgehead atoms. The first kappa shape index (κ1) is 17.0. The summed E-state index contributed by atoms with van der Waals surface area (Å²) in [6, 6.07) is 17.2. The molecule has 28 heavy (non-hydrogen) atoms. The van der Waals surface area contributed by atoms with Crippen LogP contribution in [0.3, 0.4) is 0 Å². The van der Waals surface area contributed by atoms with Gasteiger partial charge < -0.3 is 9.32 Å². The number of hydrogen-bond donors (Lipinski definition) is 0. The zero-order chi connectivity index (χ0) is 18.9. The van der Waals surface area contributed by atoms with E-state index in [1.807, 2.05) is 24.3 Å². The average Bonchev–Trinajstić information content (AvgIpc) is 3.36. The molecule has 6 heteroatoms. The van der Waals surface area contributed by atoms with Crippen LogP contribution >= 0.6 is 0 Å². The van der Waals surface area contributed by atoms with E-state index in [9.17, 15) is 0 Å². The fraction of sp³-hybridized carbons (Fsp3) is 0.318. The number of piperidine rings is 1. The normalized spacial score (nSPS) is 15.4. The number of fused-ring (bicyclic) bond motifs is 1. The van der Waals surface area contributed by atoms with Crippen molar-refractivity contribution in [1.82, 2.24) is 19.7 Å². The first-order valence-electron chi connectivity index (χ1n) is 9.83. The summed E-state index contributed by atoms with van der Waals surface area (Å²) in [4.78, 5) is 6.94. The summed E-state index contributed by atoms with van der Waals surface area (Å²) in [7, 11) is 0. The number of aryl methyl sites for hydroxylation is 1. The monoisotopic (exact) mass is 373 g/mol. The fourth-order valence-electron chi connectivity index (χ4n) is 3.95. The largest absolute Gasteiger partial charge is 0.423 e. The molecule has 1 saturated heterocycles. The molecule has 0 N–H and O–H groups in total. The molecule has 2 aromatic carbocycles. The second-order valence-electron chi connectivity index (χ2n) is 7.55. The summed E-state index contributed by atoms with van der Waals surface area (Å²) in [5.74, 6) is 1.62. The Morgan fingerprint density at radius 1 is 1.07 bits per heavy atom. The van der Waals surface area contributed by atoms with Crippen LogP contribution in [-0.4, -0.2) is 32.8 Å². The number of para-hydroxylation sites is 1. The lowest BCUT2D eigenvalue weighted by Gasteiger charge is -2.30. The predicted octanol–water partition coefficient (Wildman–Crippen LogP) is 4.18. The van der Waals surface area contributed by atoms with Gasteiger partial charge in [0.1, 0.15) is 17.7 Å². The van der Waals surface area contributed by atoms with Gasteiger partial charge in [0.25, 0.3) is 6.01 Å².